The van der Waals surface area contributed by atoms with Crippen LogP contribution in [0.15, 0.2) is 52.6 Å². The van der Waals surface area contributed by atoms with Crippen molar-refractivity contribution in [2.45, 2.75) is 6.92 Å². The predicted molar refractivity (Wildman–Crippen MR) is 96.5 cm³/mol. The van der Waals surface area contributed by atoms with Gasteiger partial charge in [0, 0.05) is 5.56 Å². The molecular weight excluding hydrogens is 390 g/mol. The van der Waals surface area contributed by atoms with E-state index >= 15 is 0 Å². The first kappa shape index (κ1) is 18.5. The highest BCUT2D eigenvalue weighted by Gasteiger charge is 2.15. The molecule has 1 amide bonds. The van der Waals surface area contributed by atoms with Crippen LogP contribution in [0.25, 0.3) is 6.08 Å². The normalized spacial score (nSPS) is 11.0. The molecule has 0 saturated heterocycles. The molecule has 0 saturated carbocycles. The van der Waals surface area contributed by atoms with Crippen LogP contribution in [0.5, 0.6) is 11.5 Å². The van der Waals surface area contributed by atoms with Crippen LogP contribution in [0.3, 0.4) is 0 Å². The van der Waals surface area contributed by atoms with Gasteiger partial charge in [0.05, 0.1) is 11.1 Å². The van der Waals surface area contributed by atoms with Gasteiger partial charge in [0.2, 0.25) is 0 Å². The third-order valence-corrected chi connectivity index (χ3v) is 3.78. The van der Waals surface area contributed by atoms with Crippen LogP contribution in [0, 0.1) is 0 Å². The molecule has 6 nitrogen and oxygen atoms in total. The number of carbonyl (C=O) groups is 2. The van der Waals surface area contributed by atoms with E-state index in [4.69, 9.17) is 4.74 Å². The van der Waals surface area contributed by atoms with E-state index in [1.807, 2.05) is 0 Å². The number of carbonyl (C=O) groups excluding carboxylic acids is 1. The highest BCUT2D eigenvalue weighted by molar-refractivity contribution is 9.10. The van der Waals surface area contributed by atoms with Crippen LogP contribution in [0.2, 0.25) is 0 Å². The number of phenols is 1. The number of hydrogen-bond donors (Lipinski definition) is 3. The topological polar surface area (TPSA) is 95.9 Å². The van der Waals surface area contributed by atoms with Gasteiger partial charge >= 0.3 is 5.97 Å². The van der Waals surface area contributed by atoms with Crippen molar-refractivity contribution in [3.05, 3.63) is 63.8 Å². The number of phenolic OH excluding ortho intramolecular Hbond substituents is 1. The zero-order valence-corrected chi connectivity index (χ0v) is 14.9. The van der Waals surface area contributed by atoms with Gasteiger partial charge in [0.25, 0.3) is 5.91 Å². The van der Waals surface area contributed by atoms with Crippen molar-refractivity contribution in [2.24, 2.45) is 0 Å². The van der Waals surface area contributed by atoms with E-state index in [-0.39, 0.29) is 17.2 Å². The molecule has 2 aromatic carbocycles. The molecule has 0 heterocycles. The largest absolute Gasteiger partial charge is 0.503 e. The third-order valence-electron chi connectivity index (χ3n) is 3.18. The predicted octanol–water partition coefficient (Wildman–Crippen LogP) is 3.41. The molecule has 0 aliphatic heterocycles. The standard InChI is InChI=1S/C18H16BrNO5/c1-2-25-15-10-11(8-13(19)16(15)21)9-14(18(23)24)20-17(22)12-6-4-3-5-7-12/h3-10,21H,2H2,1H3,(H,20,22)(H,23,24). The summed E-state index contributed by atoms with van der Waals surface area (Å²) in [7, 11) is 0. The highest BCUT2D eigenvalue weighted by atomic mass is 79.9. The van der Waals surface area contributed by atoms with Crippen molar-refractivity contribution < 1.29 is 24.5 Å². The van der Waals surface area contributed by atoms with E-state index in [9.17, 15) is 19.8 Å². The van der Waals surface area contributed by atoms with Gasteiger partial charge in [-0.1, -0.05) is 18.2 Å². The fourth-order valence-corrected chi connectivity index (χ4v) is 2.50. The molecule has 130 valence electrons. The first-order valence-corrected chi connectivity index (χ1v) is 8.18. The van der Waals surface area contributed by atoms with Crippen LogP contribution in [-0.2, 0) is 4.79 Å². The lowest BCUT2D eigenvalue weighted by Gasteiger charge is -2.10. The number of carboxylic acids is 1. The van der Waals surface area contributed by atoms with Gasteiger partial charge < -0.3 is 20.3 Å². The van der Waals surface area contributed by atoms with Crippen molar-refractivity contribution in [1.29, 1.82) is 0 Å². The average molecular weight is 406 g/mol. The lowest BCUT2D eigenvalue weighted by molar-refractivity contribution is -0.132. The first-order valence-electron chi connectivity index (χ1n) is 7.39. The molecule has 0 aliphatic carbocycles. The molecule has 0 aromatic heterocycles. The first-order chi connectivity index (χ1) is 11.9. The fraction of sp³-hybridized carbons (Fsp3) is 0.111. The molecule has 25 heavy (non-hydrogen) atoms. The molecular formula is C18H16BrNO5. The van der Waals surface area contributed by atoms with Crippen LogP contribution >= 0.6 is 15.9 Å². The van der Waals surface area contributed by atoms with Crippen LogP contribution in [-0.4, -0.2) is 28.7 Å². The Morgan fingerprint density at radius 3 is 2.52 bits per heavy atom. The number of rotatable bonds is 6. The van der Waals surface area contributed by atoms with Gasteiger partial charge in [-0.25, -0.2) is 4.79 Å². The summed E-state index contributed by atoms with van der Waals surface area (Å²) in [5.74, 6) is -1.69. The molecule has 0 unspecified atom stereocenters. The molecule has 2 aromatic rings. The quantitative estimate of drug-likeness (QED) is 0.639. The van der Waals surface area contributed by atoms with Gasteiger partial charge in [0.15, 0.2) is 11.5 Å². The Hall–Kier alpha value is -2.80. The van der Waals surface area contributed by atoms with Crippen molar-refractivity contribution >= 4 is 33.9 Å². The number of aromatic hydroxyl groups is 1. The monoisotopic (exact) mass is 405 g/mol. The summed E-state index contributed by atoms with van der Waals surface area (Å²) in [6.07, 6.45) is 1.29. The fourth-order valence-electron chi connectivity index (χ4n) is 2.04. The second-order valence-electron chi connectivity index (χ2n) is 4.97. The molecule has 0 bridgehead atoms. The van der Waals surface area contributed by atoms with Crippen molar-refractivity contribution in [2.75, 3.05) is 6.61 Å². The second-order valence-corrected chi connectivity index (χ2v) is 5.82. The summed E-state index contributed by atoms with van der Waals surface area (Å²) in [4.78, 5) is 23.6. The SMILES string of the molecule is CCOc1cc(C=C(NC(=O)c2ccccc2)C(=O)O)cc(Br)c1O. The van der Waals surface area contributed by atoms with Crippen LogP contribution in [0.4, 0.5) is 0 Å². The number of hydrogen-bond acceptors (Lipinski definition) is 4. The minimum atomic E-state index is -1.29. The number of benzene rings is 2. The van der Waals surface area contributed by atoms with Gasteiger partial charge in [-0.2, -0.15) is 0 Å². The molecule has 0 atom stereocenters. The minimum Gasteiger partial charge on any atom is -0.503 e. The minimum absolute atomic E-state index is 0.0794. The molecule has 0 fully saturated rings. The Kier molecular flexibility index (Phi) is 6.19. The second kappa shape index (κ2) is 8.34. The van der Waals surface area contributed by atoms with Crippen LogP contribution < -0.4 is 10.1 Å². The van der Waals surface area contributed by atoms with E-state index in [1.165, 1.54) is 18.2 Å². The van der Waals surface area contributed by atoms with E-state index in [0.29, 0.717) is 22.2 Å². The summed E-state index contributed by atoms with van der Waals surface area (Å²) in [6, 6.07) is 11.3. The molecule has 7 heteroatoms. The Morgan fingerprint density at radius 2 is 1.92 bits per heavy atom. The number of halogens is 1. The Balaban J connectivity index is 2.34. The Morgan fingerprint density at radius 1 is 1.24 bits per heavy atom. The van der Waals surface area contributed by atoms with Gasteiger partial charge in [-0.15, -0.1) is 0 Å². The zero-order chi connectivity index (χ0) is 18.4. The maximum absolute atomic E-state index is 12.2. The third kappa shape index (κ3) is 4.84. The number of aliphatic carboxylic acids is 1. The lowest BCUT2D eigenvalue weighted by Crippen LogP contribution is -2.27. The zero-order valence-electron chi connectivity index (χ0n) is 13.3. The summed E-state index contributed by atoms with van der Waals surface area (Å²) >= 11 is 3.19. The smallest absolute Gasteiger partial charge is 0.352 e. The van der Waals surface area contributed by atoms with E-state index in [0.717, 1.165) is 0 Å². The molecule has 3 N–H and O–H groups in total. The molecule has 0 spiro atoms. The number of carboxylic acid groups (broad SMARTS) is 1. The summed E-state index contributed by atoms with van der Waals surface area (Å²) in [6.45, 7) is 2.10. The molecule has 2 rings (SSSR count). The van der Waals surface area contributed by atoms with Crippen molar-refractivity contribution in [1.82, 2.24) is 5.32 Å². The van der Waals surface area contributed by atoms with Gasteiger partial charge in [0.1, 0.15) is 5.70 Å². The van der Waals surface area contributed by atoms with Crippen molar-refractivity contribution in [3.8, 4) is 11.5 Å². The Labute approximate surface area is 152 Å². The van der Waals surface area contributed by atoms with Crippen LogP contribution in [0.1, 0.15) is 22.8 Å². The summed E-state index contributed by atoms with van der Waals surface area (Å²) < 4.78 is 5.66. The van der Waals surface area contributed by atoms with Crippen molar-refractivity contribution in [3.63, 3.8) is 0 Å². The van der Waals surface area contributed by atoms with E-state index in [2.05, 4.69) is 21.2 Å². The summed E-state index contributed by atoms with van der Waals surface area (Å²) in [5.41, 5.74) is 0.490. The van der Waals surface area contributed by atoms with Gasteiger partial charge in [-0.3, -0.25) is 4.79 Å². The lowest BCUT2D eigenvalue weighted by atomic mass is 10.1. The maximum Gasteiger partial charge on any atom is 0.352 e. The average Bonchev–Trinajstić information content (AvgIpc) is 2.59. The molecule has 0 aliphatic rings. The number of nitrogens with one attached hydrogen (secondary N) is 1. The highest BCUT2D eigenvalue weighted by Crippen LogP contribution is 2.36. The Bertz CT molecular complexity index is 818. The van der Waals surface area contributed by atoms with Gasteiger partial charge in [-0.05, 0) is 58.8 Å². The van der Waals surface area contributed by atoms with E-state index < -0.39 is 11.9 Å². The maximum atomic E-state index is 12.2. The van der Waals surface area contributed by atoms with E-state index in [1.54, 1.807) is 37.3 Å². The molecule has 0 radical (unpaired) electrons. The summed E-state index contributed by atoms with van der Waals surface area (Å²) in [5, 5.41) is 21.6. The number of amides is 1. The number of ether oxygens (including phenoxy) is 1.